The first kappa shape index (κ1) is 78.1. The van der Waals surface area contributed by atoms with Crippen LogP contribution in [0, 0.1) is 0 Å². The zero-order chi connectivity index (χ0) is 71.0. The average Bonchev–Trinajstić information content (AvgIpc) is 0.794. The van der Waals surface area contributed by atoms with Crippen molar-refractivity contribution in [3.63, 3.8) is 0 Å². The van der Waals surface area contributed by atoms with E-state index in [-0.39, 0.29) is 12.2 Å². The first-order chi connectivity index (χ1) is 46.7. The van der Waals surface area contributed by atoms with Gasteiger partial charge in [0.2, 0.25) is 0 Å². The number of carboxylic acid groups (broad SMARTS) is 1. The van der Waals surface area contributed by atoms with Crippen molar-refractivity contribution in [2.75, 3.05) is 52.0 Å². The van der Waals surface area contributed by atoms with Gasteiger partial charge in [-0.2, -0.15) is 0 Å². The second-order valence-corrected chi connectivity index (χ2v) is 25.9. The van der Waals surface area contributed by atoms with Crippen molar-refractivity contribution < 1.29 is 203 Å². The number of benzene rings is 1. The van der Waals surface area contributed by atoms with Gasteiger partial charge in [-0.1, -0.05) is 12.1 Å². The topological polar surface area (TPSA) is 650 Å². The van der Waals surface area contributed by atoms with Crippen LogP contribution in [0.5, 0.6) is 0 Å². The molecule has 30 aliphatic rings. The summed E-state index contributed by atoms with van der Waals surface area (Å²) in [6.45, 7) is -7.62. The van der Waals surface area contributed by atoms with Crippen LogP contribution in [0.4, 0.5) is 0 Å². The maximum absolute atomic E-state index is 11.9. The lowest BCUT2D eigenvalue weighted by atomic mass is 9.95. The molecule has 0 amide bonds. The van der Waals surface area contributed by atoms with Crippen LogP contribution in [-0.4, -0.2) is 426 Å². The van der Waals surface area contributed by atoms with Crippen LogP contribution >= 0.6 is 11.8 Å². The van der Waals surface area contributed by atoms with Gasteiger partial charge in [-0.25, -0.2) is 0 Å². The Hall–Kier alpha value is -2.52. The Morgan fingerprint density at radius 1 is 0.265 bits per heavy atom. The van der Waals surface area contributed by atoms with Gasteiger partial charge in [0, 0.05) is 10.6 Å². The molecule has 0 spiro atoms. The largest absolute Gasteiger partial charge is 0.481 e. The van der Waals surface area contributed by atoms with Gasteiger partial charge in [0.1, 0.15) is 189 Å². The molecule has 24 N–H and O–H groups in total. The number of rotatable bonds is 12. The highest BCUT2D eigenvalue weighted by atomic mass is 32.2. The van der Waals surface area contributed by atoms with Gasteiger partial charge in [0.05, 0.1) is 58.8 Å². The highest BCUT2D eigenvalue weighted by molar-refractivity contribution is 7.99. The van der Waals surface area contributed by atoms with Crippen molar-refractivity contribution in [3.05, 3.63) is 29.8 Å². The van der Waals surface area contributed by atoms with E-state index in [4.69, 9.17) is 75.8 Å². The molecule has 40 atom stereocenters. The van der Waals surface area contributed by atoms with Gasteiger partial charge in [0.15, 0.2) is 50.3 Å². The fraction of sp³-hybridized carbons (Fsp3) is 0.875. The Balaban J connectivity index is 0.930. The van der Waals surface area contributed by atoms with E-state index in [0.29, 0.717) is 10.5 Å². The number of hydrogen-bond donors (Lipinski definition) is 24. The molecule has 42 heteroatoms. The van der Waals surface area contributed by atoms with Crippen LogP contribution in [0.2, 0.25) is 0 Å². The number of carbonyl (C=O) groups is 1. The SMILES string of the molecule is O=C(O)Cc1ccc(SC[C@H]2O[C@@H]3O[C@H]4[C@H](O)[C@@H](O)[C@@H](O[C@H]5[C@H](O)[C@@H](O)[C@@H](O[C@H]6[C@H](O)[C@@H](O)[C@@H](O[C@H]7[C@H](O)[C@@H](O)[C@@H](O[C@H]8[C@H](O)[C@H](O)[C@@H](O[C@H]9[C@H](O)[C@@H](O)[C@@H](O[C@H]%10[C@H](O)[C@H](O)[C@@H](O[C@H]2[C@H](O)[C@H]3O)O[C@@H]%10CO)O[C@@H]9CO)O[C@@H]8CO)O[C@@H]7CO)O[C@H]6CO)O[C@H]5CO)O[C@H]4CO)cc1. The van der Waals surface area contributed by atoms with E-state index >= 15 is 0 Å². The molecule has 1 aromatic rings. The van der Waals surface area contributed by atoms with Crippen LogP contribution < -0.4 is 0 Å². The van der Waals surface area contributed by atoms with Crippen LogP contribution in [-0.2, 0) is 87.0 Å². The normalized spacial score (nSPS) is 50.8. The van der Waals surface area contributed by atoms with Crippen LogP contribution in [0.25, 0.3) is 0 Å². The predicted molar refractivity (Wildman–Crippen MR) is 302 cm³/mol. The summed E-state index contributed by atoms with van der Waals surface area (Å²) in [5.41, 5.74) is 0.412. The zero-order valence-corrected chi connectivity index (χ0v) is 52.2. The zero-order valence-electron chi connectivity index (χ0n) is 51.3. The minimum absolute atomic E-state index is 0.290. The minimum Gasteiger partial charge on any atom is -0.481 e. The third kappa shape index (κ3) is 16.2. The van der Waals surface area contributed by atoms with E-state index < -0.39 is 298 Å². The van der Waals surface area contributed by atoms with E-state index in [9.17, 15) is 127 Å². The van der Waals surface area contributed by atoms with Gasteiger partial charge in [-0.05, 0) is 17.7 Å². The Bertz CT molecular complexity index is 2630. The maximum atomic E-state index is 11.9. The second kappa shape index (κ2) is 33.7. The molecule has 98 heavy (non-hydrogen) atoms. The molecule has 30 aliphatic heterocycles. The Labute approximate surface area is 558 Å². The number of aliphatic hydroxyl groups is 23. The monoisotopic (exact) mass is 1450 g/mol. The number of aliphatic carboxylic acids is 1. The molecular weight excluding hydrogens is 1360 g/mol. The van der Waals surface area contributed by atoms with Crippen molar-refractivity contribution in [1.82, 2.24) is 0 Å². The lowest BCUT2D eigenvalue weighted by Gasteiger charge is -2.50. The quantitative estimate of drug-likeness (QED) is 0.0864. The van der Waals surface area contributed by atoms with Crippen molar-refractivity contribution in [1.29, 1.82) is 0 Å². The summed E-state index contributed by atoms with van der Waals surface area (Å²) >= 11 is 0.999. The third-order valence-electron chi connectivity index (χ3n) is 18.4. The molecule has 0 aromatic heterocycles. The van der Waals surface area contributed by atoms with Crippen molar-refractivity contribution in [2.45, 2.75) is 257 Å². The maximum Gasteiger partial charge on any atom is 0.307 e. The summed E-state index contributed by atoms with van der Waals surface area (Å²) in [5.74, 6) is -1.41. The summed E-state index contributed by atoms with van der Waals surface area (Å²) in [7, 11) is 0. The molecule has 16 bridgehead atoms. The fourth-order valence-electron chi connectivity index (χ4n) is 12.9. The summed E-state index contributed by atoms with van der Waals surface area (Å²) in [6, 6.07) is 6.08. The molecule has 41 nitrogen and oxygen atoms in total. The van der Waals surface area contributed by atoms with E-state index in [1.807, 2.05) is 0 Å². The highest BCUT2D eigenvalue weighted by Crippen LogP contribution is 2.41. The molecule has 30 fully saturated rings. The summed E-state index contributed by atoms with van der Waals surface area (Å²) in [6.07, 6.45) is -82.4. The number of ether oxygens (including phenoxy) is 16. The molecule has 0 saturated carbocycles. The summed E-state index contributed by atoms with van der Waals surface area (Å²) in [4.78, 5) is 11.9. The molecule has 30 heterocycles. The molecule has 0 aliphatic carbocycles. The Kier molecular flexibility index (Phi) is 26.9. The molecule has 0 radical (unpaired) electrons. The summed E-state index contributed by atoms with van der Waals surface area (Å²) < 4.78 is 93.0. The number of aliphatic hydroxyl groups excluding tert-OH is 23. The first-order valence-electron chi connectivity index (χ1n) is 31.3. The van der Waals surface area contributed by atoms with Crippen LogP contribution in [0.15, 0.2) is 29.2 Å². The van der Waals surface area contributed by atoms with Crippen LogP contribution in [0.3, 0.4) is 0 Å². The molecule has 31 rings (SSSR count). The van der Waals surface area contributed by atoms with Crippen molar-refractivity contribution in [2.24, 2.45) is 0 Å². The van der Waals surface area contributed by atoms with E-state index in [1.54, 1.807) is 0 Å². The van der Waals surface area contributed by atoms with Gasteiger partial charge in [-0.15, -0.1) is 11.8 Å². The molecule has 562 valence electrons. The number of hydrogen-bond acceptors (Lipinski definition) is 41. The highest BCUT2D eigenvalue weighted by Gasteiger charge is 2.60. The van der Waals surface area contributed by atoms with Crippen molar-refractivity contribution in [3.8, 4) is 0 Å². The average molecular weight is 1450 g/mol. The van der Waals surface area contributed by atoms with E-state index in [2.05, 4.69) is 0 Å². The van der Waals surface area contributed by atoms with Crippen LogP contribution in [0.1, 0.15) is 5.56 Å². The van der Waals surface area contributed by atoms with Gasteiger partial charge >= 0.3 is 5.97 Å². The summed E-state index contributed by atoms with van der Waals surface area (Å²) in [5, 5.41) is 268. The standard InChI is InChI=1S/C56H86O41S/c57-6-16-41-25(66)33(74)49(82-16)91-42-17(7-58)84-51(35(76)27(42)68)93-44-19(9-60)86-53(37(78)29(44)70)95-46-21(11-62)88-55(39(80)31(46)72)97-48-23(13-98-15-3-1-14(2-4-15)5-24(64)65)89-56(40(81)32(48)73)96-47-22(12-63)87-54(38(79)30(47)71)94-45-20(10-61)85-52(36(77)28(45)69)92-43-18(8-59)83-50(90-41)34(75)26(43)67/h1-4,16-23,25-63,66-81H,5-13H2,(H,64,65)/t16-,17-,18+,19-,20+,21-,22+,23-,25-,26-,27-,28-,29-,30-,31-,32-,33-,34-,35+,36-,37-,38-,39+,40-,41-,42-,43-,44-,45-,46-,47-,48-,49-,50-,51-,52-,53-,54-,55-,56-/m1/s1. The molecular formula is C56H86O41S. The molecule has 30 saturated heterocycles. The Morgan fingerprint density at radius 2 is 0.439 bits per heavy atom. The minimum atomic E-state index is -2.27. The number of thioether (sulfide) groups is 1. The van der Waals surface area contributed by atoms with Gasteiger partial charge in [-0.3, -0.25) is 4.79 Å². The predicted octanol–water partition coefficient (Wildman–Crippen LogP) is -15.0. The van der Waals surface area contributed by atoms with E-state index in [0.717, 1.165) is 11.8 Å². The Morgan fingerprint density at radius 3 is 0.612 bits per heavy atom. The fourth-order valence-corrected chi connectivity index (χ4v) is 13.9. The molecule has 0 unspecified atom stereocenters. The second-order valence-electron chi connectivity index (χ2n) is 24.8. The number of carboxylic acids is 1. The third-order valence-corrected chi connectivity index (χ3v) is 19.5. The molecule has 1 aromatic carbocycles. The van der Waals surface area contributed by atoms with Gasteiger partial charge in [0.25, 0.3) is 0 Å². The first-order valence-corrected chi connectivity index (χ1v) is 32.3. The lowest BCUT2D eigenvalue weighted by molar-refractivity contribution is -0.403. The van der Waals surface area contributed by atoms with Crippen molar-refractivity contribution >= 4 is 17.7 Å². The van der Waals surface area contributed by atoms with Gasteiger partial charge < -0.3 is 198 Å². The lowest BCUT2D eigenvalue weighted by Crippen LogP contribution is -2.69. The van der Waals surface area contributed by atoms with E-state index in [1.165, 1.54) is 24.3 Å². The smallest absolute Gasteiger partial charge is 0.307 e.